The highest BCUT2D eigenvalue weighted by atomic mass is 35.5. The third kappa shape index (κ3) is 2.70. The molecule has 0 nitrogen and oxygen atoms in total. The standard InChI is InChI=1S/C13H9Cl3/c14-12-6-4-9(5-7-12)10-2-1-3-11(8-10)13(15)16/h1-8,13H. The van der Waals surface area contributed by atoms with Crippen molar-refractivity contribution in [3.05, 3.63) is 59.1 Å². The van der Waals surface area contributed by atoms with E-state index in [9.17, 15) is 0 Å². The number of alkyl halides is 2. The van der Waals surface area contributed by atoms with Crippen molar-refractivity contribution in [1.29, 1.82) is 0 Å². The van der Waals surface area contributed by atoms with Crippen LogP contribution in [0, 0.1) is 0 Å². The molecule has 82 valence electrons. The molecule has 2 rings (SSSR count). The summed E-state index contributed by atoms with van der Waals surface area (Å²) in [4.78, 5) is -0.493. The second-order valence-electron chi connectivity index (χ2n) is 3.43. The normalized spacial score (nSPS) is 10.8. The van der Waals surface area contributed by atoms with Gasteiger partial charge in [0.25, 0.3) is 0 Å². The van der Waals surface area contributed by atoms with Crippen LogP contribution in [0.1, 0.15) is 10.4 Å². The van der Waals surface area contributed by atoms with Gasteiger partial charge in [-0.25, -0.2) is 0 Å². The lowest BCUT2D eigenvalue weighted by molar-refractivity contribution is 1.35. The minimum absolute atomic E-state index is 0.493. The molecule has 0 aliphatic carbocycles. The number of rotatable bonds is 2. The quantitative estimate of drug-likeness (QED) is 0.634. The maximum atomic E-state index is 5.84. The molecule has 0 aliphatic rings. The second kappa shape index (κ2) is 5.09. The van der Waals surface area contributed by atoms with Gasteiger partial charge in [0.1, 0.15) is 4.84 Å². The van der Waals surface area contributed by atoms with Gasteiger partial charge in [0.05, 0.1) is 0 Å². The van der Waals surface area contributed by atoms with Crippen LogP contribution in [0.2, 0.25) is 5.02 Å². The molecule has 0 atom stereocenters. The number of hydrogen-bond donors (Lipinski definition) is 0. The van der Waals surface area contributed by atoms with Crippen LogP contribution in [0.25, 0.3) is 11.1 Å². The lowest BCUT2D eigenvalue weighted by Crippen LogP contribution is -1.83. The molecule has 0 aromatic heterocycles. The van der Waals surface area contributed by atoms with Gasteiger partial charge in [-0.3, -0.25) is 0 Å². The highest BCUT2D eigenvalue weighted by molar-refractivity contribution is 6.44. The van der Waals surface area contributed by atoms with Gasteiger partial charge in [-0.2, -0.15) is 0 Å². The molecule has 0 aliphatic heterocycles. The molecule has 0 heterocycles. The molecular weight excluding hydrogens is 263 g/mol. The molecule has 2 aromatic rings. The van der Waals surface area contributed by atoms with Gasteiger partial charge in [-0.05, 0) is 34.9 Å². The average molecular weight is 272 g/mol. The number of benzene rings is 2. The Hall–Kier alpha value is -0.690. The van der Waals surface area contributed by atoms with Crippen LogP contribution >= 0.6 is 34.8 Å². The summed E-state index contributed by atoms with van der Waals surface area (Å²) in [6.45, 7) is 0. The molecule has 0 saturated heterocycles. The van der Waals surface area contributed by atoms with Crippen molar-refractivity contribution in [3.8, 4) is 11.1 Å². The van der Waals surface area contributed by atoms with E-state index < -0.39 is 4.84 Å². The van der Waals surface area contributed by atoms with E-state index in [1.165, 1.54) is 0 Å². The molecule has 2 aromatic carbocycles. The van der Waals surface area contributed by atoms with Crippen LogP contribution in [0.3, 0.4) is 0 Å². The third-order valence-corrected chi connectivity index (χ3v) is 3.07. The molecule has 0 bridgehead atoms. The Bertz CT molecular complexity index is 475. The lowest BCUT2D eigenvalue weighted by Gasteiger charge is -2.06. The zero-order valence-corrected chi connectivity index (χ0v) is 10.6. The van der Waals surface area contributed by atoms with Crippen molar-refractivity contribution in [1.82, 2.24) is 0 Å². The van der Waals surface area contributed by atoms with E-state index in [4.69, 9.17) is 34.8 Å². The van der Waals surface area contributed by atoms with E-state index in [2.05, 4.69) is 0 Å². The highest BCUT2D eigenvalue weighted by Crippen LogP contribution is 2.29. The molecule has 0 spiro atoms. The van der Waals surface area contributed by atoms with Crippen LogP contribution in [-0.4, -0.2) is 0 Å². The van der Waals surface area contributed by atoms with Gasteiger partial charge < -0.3 is 0 Å². The zero-order chi connectivity index (χ0) is 11.5. The smallest absolute Gasteiger partial charge is 0.100 e. The molecule has 0 N–H and O–H groups in total. The molecule has 0 saturated carbocycles. The second-order valence-corrected chi connectivity index (χ2v) is 4.97. The van der Waals surface area contributed by atoms with Gasteiger partial charge in [0.2, 0.25) is 0 Å². The maximum absolute atomic E-state index is 5.84. The Morgan fingerprint density at radius 1 is 0.812 bits per heavy atom. The highest BCUT2D eigenvalue weighted by Gasteiger charge is 2.04. The first-order valence-corrected chi connectivity index (χ1v) is 6.06. The first kappa shape index (κ1) is 11.8. The Morgan fingerprint density at radius 2 is 1.50 bits per heavy atom. The van der Waals surface area contributed by atoms with Crippen LogP contribution in [-0.2, 0) is 0 Å². The third-order valence-electron chi connectivity index (χ3n) is 2.32. The first-order valence-electron chi connectivity index (χ1n) is 4.81. The van der Waals surface area contributed by atoms with Crippen molar-refractivity contribution in [2.75, 3.05) is 0 Å². The van der Waals surface area contributed by atoms with Crippen molar-refractivity contribution in [2.24, 2.45) is 0 Å². The fraction of sp³-hybridized carbons (Fsp3) is 0.0769. The number of hydrogen-bond acceptors (Lipinski definition) is 0. The molecule has 0 amide bonds. The summed E-state index contributed by atoms with van der Waals surface area (Å²) >= 11 is 17.5. The summed E-state index contributed by atoms with van der Waals surface area (Å²) in [5.74, 6) is 0. The lowest BCUT2D eigenvalue weighted by atomic mass is 10.0. The van der Waals surface area contributed by atoms with Crippen molar-refractivity contribution >= 4 is 34.8 Å². The Kier molecular flexibility index (Phi) is 3.75. The predicted octanol–water partition coefficient (Wildman–Crippen LogP) is 5.48. The summed E-state index contributed by atoms with van der Waals surface area (Å²) < 4.78 is 0. The Morgan fingerprint density at radius 3 is 2.12 bits per heavy atom. The summed E-state index contributed by atoms with van der Waals surface area (Å²) in [5.41, 5.74) is 3.08. The fourth-order valence-corrected chi connectivity index (χ4v) is 1.89. The van der Waals surface area contributed by atoms with Crippen molar-refractivity contribution in [3.63, 3.8) is 0 Å². The predicted molar refractivity (Wildman–Crippen MR) is 71.3 cm³/mol. The Labute approximate surface area is 110 Å². The van der Waals surface area contributed by atoms with Crippen LogP contribution in [0.15, 0.2) is 48.5 Å². The summed E-state index contributed by atoms with van der Waals surface area (Å²) in [5, 5.41) is 0.729. The van der Waals surface area contributed by atoms with E-state index in [0.29, 0.717) is 0 Å². The SMILES string of the molecule is Clc1ccc(-c2cccc(C(Cl)Cl)c2)cc1. The van der Waals surface area contributed by atoms with E-state index >= 15 is 0 Å². The van der Waals surface area contributed by atoms with Crippen LogP contribution in [0.5, 0.6) is 0 Å². The molecule has 0 unspecified atom stereocenters. The molecule has 3 heteroatoms. The minimum Gasteiger partial charge on any atom is -0.100 e. The Balaban J connectivity index is 2.40. The maximum Gasteiger partial charge on any atom is 0.132 e. The minimum atomic E-state index is -0.493. The van der Waals surface area contributed by atoms with E-state index in [1.807, 2.05) is 48.5 Å². The average Bonchev–Trinajstić information content (AvgIpc) is 2.30. The van der Waals surface area contributed by atoms with Crippen LogP contribution in [0.4, 0.5) is 0 Å². The van der Waals surface area contributed by atoms with Gasteiger partial charge in [-0.1, -0.05) is 41.9 Å². The summed E-state index contributed by atoms with van der Waals surface area (Å²) in [6.07, 6.45) is 0. The van der Waals surface area contributed by atoms with Gasteiger partial charge in [0, 0.05) is 5.02 Å². The van der Waals surface area contributed by atoms with Gasteiger partial charge >= 0.3 is 0 Å². The van der Waals surface area contributed by atoms with Crippen LogP contribution < -0.4 is 0 Å². The molecule has 0 radical (unpaired) electrons. The largest absolute Gasteiger partial charge is 0.132 e. The topological polar surface area (TPSA) is 0 Å². The van der Waals surface area contributed by atoms with Crippen molar-refractivity contribution in [2.45, 2.75) is 4.84 Å². The van der Waals surface area contributed by atoms with E-state index in [-0.39, 0.29) is 0 Å². The monoisotopic (exact) mass is 270 g/mol. The first-order chi connectivity index (χ1) is 7.66. The van der Waals surface area contributed by atoms with E-state index in [0.717, 1.165) is 21.7 Å². The molecular formula is C13H9Cl3. The van der Waals surface area contributed by atoms with Gasteiger partial charge in [0.15, 0.2) is 0 Å². The van der Waals surface area contributed by atoms with Crippen molar-refractivity contribution < 1.29 is 0 Å². The number of halogens is 3. The molecule has 16 heavy (non-hydrogen) atoms. The summed E-state index contributed by atoms with van der Waals surface area (Å²) in [6, 6.07) is 15.5. The fourth-order valence-electron chi connectivity index (χ4n) is 1.50. The van der Waals surface area contributed by atoms with E-state index in [1.54, 1.807) is 0 Å². The summed E-state index contributed by atoms with van der Waals surface area (Å²) in [7, 11) is 0. The molecule has 0 fully saturated rings. The van der Waals surface area contributed by atoms with Gasteiger partial charge in [-0.15, -0.1) is 23.2 Å². The zero-order valence-electron chi connectivity index (χ0n) is 8.33.